The Morgan fingerprint density at radius 2 is 1.80 bits per heavy atom. The second kappa shape index (κ2) is 11.7. The van der Waals surface area contributed by atoms with E-state index in [4.69, 9.17) is 19.4 Å². The third-order valence-electron chi connectivity index (χ3n) is 11.4. The van der Waals surface area contributed by atoms with Gasteiger partial charge in [-0.3, -0.25) is 9.69 Å². The maximum atomic E-state index is 16.9. The highest BCUT2D eigenvalue weighted by Gasteiger charge is 2.46. The van der Waals surface area contributed by atoms with Crippen molar-refractivity contribution in [3.8, 4) is 22.9 Å². The van der Waals surface area contributed by atoms with Crippen LogP contribution in [0.4, 0.5) is 15.0 Å². The lowest BCUT2D eigenvalue weighted by molar-refractivity contribution is -0.135. The average Bonchev–Trinajstić information content (AvgIpc) is 3.86. The molecule has 3 atom stereocenters. The monoisotopic (exact) mass is 666 g/mol. The largest absolute Gasteiger partial charge is 0.508 e. The summed E-state index contributed by atoms with van der Waals surface area (Å²) in [5, 5.41) is 15.5. The molecule has 2 amide bonds. The maximum absolute atomic E-state index is 16.9. The molecule has 11 nitrogen and oxygen atoms in total. The summed E-state index contributed by atoms with van der Waals surface area (Å²) in [6.45, 7) is 3.86. The molecule has 2 N–H and O–H groups in total. The van der Waals surface area contributed by atoms with E-state index in [9.17, 15) is 14.7 Å². The number of benzene rings is 3. The lowest BCUT2D eigenvalue weighted by Gasteiger charge is -2.42. The number of alkyl carbamates (subject to hydrolysis) is 1. The van der Waals surface area contributed by atoms with Crippen LogP contribution in [0, 0.1) is 5.82 Å². The Morgan fingerprint density at radius 3 is 2.55 bits per heavy atom. The van der Waals surface area contributed by atoms with Gasteiger partial charge >= 0.3 is 12.1 Å². The molecular weight excluding hydrogens is 627 g/mol. The topological polar surface area (TPSA) is 120 Å². The number of carbonyl (C=O) groups excluding carboxylic acids is 2. The molecule has 5 aliphatic heterocycles. The lowest BCUT2D eigenvalue weighted by Crippen LogP contribution is -2.56. The van der Waals surface area contributed by atoms with Crippen molar-refractivity contribution in [3.63, 3.8) is 0 Å². The second-order valence-corrected chi connectivity index (χ2v) is 14.3. The first-order chi connectivity index (χ1) is 23.8. The van der Waals surface area contributed by atoms with Gasteiger partial charge in [-0.2, -0.15) is 9.97 Å². The number of nitrogens with zero attached hydrogens (tertiary/aromatic N) is 5. The van der Waals surface area contributed by atoms with Gasteiger partial charge in [0.1, 0.15) is 30.3 Å². The zero-order chi connectivity index (χ0) is 33.3. The molecule has 2 unspecified atom stereocenters. The third-order valence-corrected chi connectivity index (χ3v) is 11.4. The highest BCUT2D eigenvalue weighted by atomic mass is 19.1. The molecular formula is C37H39FN6O5. The molecule has 12 heteroatoms. The fourth-order valence-electron chi connectivity index (χ4n) is 9.15. The van der Waals surface area contributed by atoms with Gasteiger partial charge in [-0.25, -0.2) is 9.18 Å². The normalized spacial score (nSPS) is 24.4. The van der Waals surface area contributed by atoms with Crippen LogP contribution in [0.5, 0.6) is 11.8 Å². The van der Waals surface area contributed by atoms with Crippen LogP contribution in [0.1, 0.15) is 44.9 Å². The standard InChI is InChI=1S/C37H39FN6O5/c38-32-28(30-17-26(45)15-22-5-1-2-6-27(22)30)9-10-29-33(32)40-35(49-21-37-11-3-13-43(37)14-4-12-37)41-34(29)42-18-24-7-8-25(19-42)44(24)31(46)16-23-20-48-36(47)39-23/h1-2,5-6,9-10,15,17,23-25,45H,3-4,7-8,11-14,16,18-21H2,(H,39,47)/t23-,24?,25?/m0/s1. The van der Waals surface area contributed by atoms with Crippen molar-refractivity contribution in [3.05, 3.63) is 54.3 Å². The van der Waals surface area contributed by atoms with Crippen molar-refractivity contribution in [1.82, 2.24) is 25.1 Å². The zero-order valence-electron chi connectivity index (χ0n) is 27.2. The van der Waals surface area contributed by atoms with E-state index in [1.165, 1.54) is 0 Å². The predicted molar refractivity (Wildman–Crippen MR) is 181 cm³/mol. The van der Waals surface area contributed by atoms with E-state index in [-0.39, 0.29) is 59.9 Å². The van der Waals surface area contributed by atoms with Gasteiger partial charge in [0.15, 0.2) is 5.82 Å². The first-order valence-electron chi connectivity index (χ1n) is 17.4. The predicted octanol–water partition coefficient (Wildman–Crippen LogP) is 4.98. The number of rotatable bonds is 7. The number of aromatic hydroxyl groups is 1. The van der Waals surface area contributed by atoms with Crippen LogP contribution >= 0.6 is 0 Å². The van der Waals surface area contributed by atoms with Gasteiger partial charge < -0.3 is 29.7 Å². The van der Waals surface area contributed by atoms with Crippen molar-refractivity contribution < 1.29 is 28.6 Å². The van der Waals surface area contributed by atoms with Gasteiger partial charge in [0.2, 0.25) is 5.91 Å². The summed E-state index contributed by atoms with van der Waals surface area (Å²) in [6.07, 6.45) is 5.81. The summed E-state index contributed by atoms with van der Waals surface area (Å²) in [5.74, 6) is 0.161. The number of phenols is 1. The summed E-state index contributed by atoms with van der Waals surface area (Å²) >= 11 is 0. The molecule has 49 heavy (non-hydrogen) atoms. The van der Waals surface area contributed by atoms with Gasteiger partial charge in [-0.1, -0.05) is 30.3 Å². The van der Waals surface area contributed by atoms with E-state index < -0.39 is 11.9 Å². The quantitative estimate of drug-likeness (QED) is 0.282. The van der Waals surface area contributed by atoms with Crippen LogP contribution in [0.3, 0.4) is 0 Å². The van der Waals surface area contributed by atoms with Crippen LogP contribution in [0.2, 0.25) is 0 Å². The van der Waals surface area contributed by atoms with Gasteiger partial charge in [0.25, 0.3) is 0 Å². The Morgan fingerprint density at radius 1 is 1.02 bits per heavy atom. The molecule has 5 fully saturated rings. The number of halogens is 1. The molecule has 5 aliphatic rings. The summed E-state index contributed by atoms with van der Waals surface area (Å²) in [7, 11) is 0. The number of nitrogens with one attached hydrogen (secondary N) is 1. The van der Waals surface area contributed by atoms with Crippen LogP contribution in [0.15, 0.2) is 48.5 Å². The minimum Gasteiger partial charge on any atom is -0.508 e. The molecule has 9 rings (SSSR count). The first kappa shape index (κ1) is 30.4. The van der Waals surface area contributed by atoms with Crippen LogP contribution < -0.4 is 15.0 Å². The van der Waals surface area contributed by atoms with E-state index in [0.717, 1.165) is 62.4 Å². The first-order valence-corrected chi connectivity index (χ1v) is 17.4. The van der Waals surface area contributed by atoms with E-state index in [1.807, 2.05) is 35.2 Å². The fourth-order valence-corrected chi connectivity index (χ4v) is 9.15. The van der Waals surface area contributed by atoms with Gasteiger partial charge in [-0.05, 0) is 86.1 Å². The Balaban J connectivity index is 1.08. The number of piperazine rings is 1. The number of hydrogen-bond donors (Lipinski definition) is 2. The lowest BCUT2D eigenvalue weighted by atomic mass is 9.95. The molecule has 1 aromatic heterocycles. The minimum absolute atomic E-state index is 0.00508. The van der Waals surface area contributed by atoms with Crippen LogP contribution in [-0.4, -0.2) is 99.9 Å². The van der Waals surface area contributed by atoms with Gasteiger partial charge in [-0.15, -0.1) is 0 Å². The van der Waals surface area contributed by atoms with Gasteiger partial charge in [0, 0.05) is 36.1 Å². The second-order valence-electron chi connectivity index (χ2n) is 14.3. The number of ether oxygens (including phenoxy) is 2. The van der Waals surface area contributed by atoms with Crippen molar-refractivity contribution in [2.45, 2.75) is 68.6 Å². The zero-order valence-corrected chi connectivity index (χ0v) is 27.2. The van der Waals surface area contributed by atoms with Crippen molar-refractivity contribution in [1.29, 1.82) is 0 Å². The SMILES string of the molecule is O=C1N[C@@H](CC(=O)N2C3CCC2CN(c2nc(OCC45CCCN4CCC5)nc4c(F)c(-c5cc(O)cc6ccccc56)ccc24)C3)CO1. The number of anilines is 1. The molecule has 0 spiro atoms. The number of amides is 2. The molecule has 3 aromatic carbocycles. The molecule has 0 radical (unpaired) electrons. The molecule has 254 valence electrons. The van der Waals surface area contributed by atoms with E-state index >= 15 is 4.39 Å². The smallest absolute Gasteiger partial charge is 0.407 e. The Kier molecular flexibility index (Phi) is 7.26. The highest BCUT2D eigenvalue weighted by Crippen LogP contribution is 2.42. The van der Waals surface area contributed by atoms with E-state index in [1.54, 1.807) is 18.2 Å². The molecule has 4 aromatic rings. The van der Waals surface area contributed by atoms with Crippen molar-refractivity contribution in [2.24, 2.45) is 0 Å². The molecule has 6 heterocycles. The van der Waals surface area contributed by atoms with Gasteiger partial charge in [0.05, 0.1) is 18.0 Å². The Hall–Kier alpha value is -4.71. The maximum Gasteiger partial charge on any atom is 0.407 e. The number of hydrogen-bond acceptors (Lipinski definition) is 9. The summed E-state index contributed by atoms with van der Waals surface area (Å²) in [4.78, 5) is 41.3. The number of aromatic nitrogens is 2. The van der Waals surface area contributed by atoms with Crippen molar-refractivity contribution in [2.75, 3.05) is 44.3 Å². The molecule has 2 bridgehead atoms. The Bertz CT molecular complexity index is 1970. The van der Waals surface area contributed by atoms with E-state index in [2.05, 4.69) is 15.1 Å². The number of carbonyl (C=O) groups is 2. The number of fused-ring (bicyclic) bond motifs is 5. The third kappa shape index (κ3) is 5.19. The number of cyclic esters (lactones) is 1. The average molecular weight is 667 g/mol. The molecule has 5 saturated heterocycles. The van der Waals surface area contributed by atoms with Crippen molar-refractivity contribution >= 4 is 39.5 Å². The Labute approximate surface area is 283 Å². The minimum atomic E-state index is -0.499. The summed E-state index contributed by atoms with van der Waals surface area (Å²) < 4.78 is 28.3. The van der Waals surface area contributed by atoms with Crippen LogP contribution in [-0.2, 0) is 9.53 Å². The fraction of sp³-hybridized carbons (Fsp3) is 0.459. The van der Waals surface area contributed by atoms with Crippen LogP contribution in [0.25, 0.3) is 32.8 Å². The molecule has 0 saturated carbocycles. The molecule has 0 aliphatic carbocycles. The highest BCUT2D eigenvalue weighted by molar-refractivity contribution is 6.01. The number of phenolic OH excluding ortho intramolecular Hbond substituents is 1. The van der Waals surface area contributed by atoms with E-state index in [0.29, 0.717) is 42.0 Å². The summed E-state index contributed by atoms with van der Waals surface area (Å²) in [5.41, 5.74) is 1.05. The summed E-state index contributed by atoms with van der Waals surface area (Å²) in [6, 6.07) is 14.2.